The van der Waals surface area contributed by atoms with Crippen LogP contribution in [0.5, 0.6) is 0 Å². The minimum Gasteiger partial charge on any atom is -0.331 e. The van der Waals surface area contributed by atoms with Crippen molar-refractivity contribution in [2.24, 2.45) is 11.8 Å². The lowest BCUT2D eigenvalue weighted by molar-refractivity contribution is -0.145. The number of amides is 1. The van der Waals surface area contributed by atoms with Crippen LogP contribution < -0.4 is 4.72 Å². The first-order valence-electron chi connectivity index (χ1n) is 10.2. The fraction of sp³-hybridized carbons (Fsp3) is 0.591. The number of rotatable bonds is 9. The number of halogens is 1. The number of allylic oxidation sites excluding steroid dienone is 1. The lowest BCUT2D eigenvalue weighted by atomic mass is 9.85. The number of nitrogens with zero attached hydrogens (tertiary/aromatic N) is 1. The molecule has 1 heterocycles. The fourth-order valence-corrected chi connectivity index (χ4v) is 4.91. The van der Waals surface area contributed by atoms with Crippen LogP contribution in [0.25, 0.3) is 0 Å². The van der Waals surface area contributed by atoms with E-state index >= 15 is 0 Å². The van der Waals surface area contributed by atoms with Crippen LogP contribution in [-0.2, 0) is 15.8 Å². The van der Waals surface area contributed by atoms with Crippen molar-refractivity contribution in [3.8, 4) is 0 Å². The van der Waals surface area contributed by atoms with Gasteiger partial charge in [0.15, 0.2) is 0 Å². The maximum Gasteiger partial charge on any atom is 0.226 e. The molecule has 2 fully saturated rings. The lowest BCUT2D eigenvalue weighted by Crippen LogP contribution is -2.53. The Morgan fingerprint density at radius 3 is 2.50 bits per heavy atom. The van der Waals surface area contributed by atoms with Crippen molar-refractivity contribution in [1.82, 2.24) is 9.62 Å². The van der Waals surface area contributed by atoms with Gasteiger partial charge in [-0.15, -0.1) is 6.58 Å². The van der Waals surface area contributed by atoms with E-state index < -0.39 is 11.0 Å². The molecule has 1 aliphatic carbocycles. The summed E-state index contributed by atoms with van der Waals surface area (Å²) in [5, 5.41) is 0.757. The van der Waals surface area contributed by atoms with Gasteiger partial charge in [0.25, 0.3) is 0 Å². The third-order valence-electron chi connectivity index (χ3n) is 5.82. The average molecular weight is 423 g/mol. The summed E-state index contributed by atoms with van der Waals surface area (Å²) in [6.07, 6.45) is 6.63. The monoisotopic (exact) mass is 422 g/mol. The minimum atomic E-state index is -1.09. The molecule has 1 saturated carbocycles. The summed E-state index contributed by atoms with van der Waals surface area (Å²) in [4.78, 5) is 15.6. The normalized spacial score (nSPS) is 25.0. The molecule has 1 aromatic carbocycles. The van der Waals surface area contributed by atoms with E-state index in [1.54, 1.807) is 0 Å². The predicted molar refractivity (Wildman–Crippen MR) is 116 cm³/mol. The Bertz CT molecular complexity index is 718. The Labute approximate surface area is 176 Å². The van der Waals surface area contributed by atoms with Crippen LogP contribution in [0.4, 0.5) is 0 Å². The van der Waals surface area contributed by atoms with Crippen molar-refractivity contribution < 1.29 is 9.00 Å². The second-order valence-electron chi connectivity index (χ2n) is 8.21. The van der Waals surface area contributed by atoms with E-state index in [0.29, 0.717) is 23.9 Å². The Morgan fingerprint density at radius 2 is 1.93 bits per heavy atom. The molecule has 0 spiro atoms. The summed E-state index contributed by atoms with van der Waals surface area (Å²) in [7, 11) is -1.09. The van der Waals surface area contributed by atoms with Crippen LogP contribution in [0.2, 0.25) is 5.02 Å². The molecule has 4 atom stereocenters. The van der Waals surface area contributed by atoms with Crippen molar-refractivity contribution in [2.75, 3.05) is 6.54 Å². The largest absolute Gasteiger partial charge is 0.331 e. The van der Waals surface area contributed by atoms with Gasteiger partial charge in [0, 0.05) is 28.8 Å². The predicted octanol–water partition coefficient (Wildman–Crippen LogP) is 4.64. The molecule has 1 aliphatic heterocycles. The Hall–Kier alpha value is -1.17. The van der Waals surface area contributed by atoms with Gasteiger partial charge in [-0.25, -0.2) is 8.93 Å². The Morgan fingerprint density at radius 1 is 1.25 bits per heavy atom. The minimum absolute atomic E-state index is 0.00195. The number of carbonyl (C=O) groups is 1. The van der Waals surface area contributed by atoms with E-state index in [2.05, 4.69) is 16.2 Å². The number of likely N-dealkylation sites (tertiary alicyclic amines) is 1. The molecule has 6 heteroatoms. The molecule has 1 saturated heterocycles. The standard InChI is InChI=1S/C22H31ClN2O2S/c1-4-5-18-10-13-20(16-8-11-19(23)12-9-16)25(22(18)26)21(17-6-7-17)14-24-28(27)15(2)3/h4,8-9,11-12,15,17-18,20-21,24H,1,5-7,10,13-14H2,2-3H3/t18-,20-,21?,28?/m0/s1. The van der Waals surface area contributed by atoms with Crippen molar-refractivity contribution >= 4 is 28.5 Å². The number of nitrogens with one attached hydrogen (secondary N) is 1. The highest BCUT2D eigenvalue weighted by molar-refractivity contribution is 7.83. The first-order valence-corrected chi connectivity index (χ1v) is 11.8. The van der Waals surface area contributed by atoms with Gasteiger partial charge < -0.3 is 4.90 Å². The van der Waals surface area contributed by atoms with Gasteiger partial charge in [-0.05, 0) is 69.6 Å². The number of benzene rings is 1. The highest BCUT2D eigenvalue weighted by atomic mass is 35.5. The highest BCUT2D eigenvalue weighted by Crippen LogP contribution is 2.43. The summed E-state index contributed by atoms with van der Waals surface area (Å²) in [5.74, 6) is 0.691. The number of hydrogen-bond donors (Lipinski definition) is 1. The van der Waals surface area contributed by atoms with Crippen molar-refractivity contribution in [3.05, 3.63) is 47.5 Å². The zero-order valence-corrected chi connectivity index (χ0v) is 18.3. The summed E-state index contributed by atoms with van der Waals surface area (Å²) in [6, 6.07) is 7.98. The number of carbonyl (C=O) groups excluding carboxylic acids is 1. The molecule has 4 nitrogen and oxygen atoms in total. The van der Waals surface area contributed by atoms with Gasteiger partial charge in [-0.1, -0.05) is 29.8 Å². The molecular weight excluding hydrogens is 392 g/mol. The maximum atomic E-state index is 13.5. The van der Waals surface area contributed by atoms with E-state index in [9.17, 15) is 9.00 Å². The Balaban J connectivity index is 1.88. The van der Waals surface area contributed by atoms with Crippen molar-refractivity contribution in [3.63, 3.8) is 0 Å². The summed E-state index contributed by atoms with van der Waals surface area (Å²) in [6.45, 7) is 8.29. The highest BCUT2D eigenvalue weighted by Gasteiger charge is 2.44. The molecule has 3 rings (SSSR count). The zero-order chi connectivity index (χ0) is 20.3. The smallest absolute Gasteiger partial charge is 0.226 e. The van der Waals surface area contributed by atoms with Crippen LogP contribution in [0.3, 0.4) is 0 Å². The topological polar surface area (TPSA) is 49.4 Å². The molecule has 2 unspecified atom stereocenters. The summed E-state index contributed by atoms with van der Waals surface area (Å²) >= 11 is 6.08. The quantitative estimate of drug-likeness (QED) is 0.589. The summed E-state index contributed by atoms with van der Waals surface area (Å²) < 4.78 is 15.5. The van der Waals surface area contributed by atoms with Crippen LogP contribution >= 0.6 is 11.6 Å². The van der Waals surface area contributed by atoms with Gasteiger partial charge in [-0.2, -0.15) is 0 Å². The van der Waals surface area contributed by atoms with E-state index in [-0.39, 0.29) is 29.2 Å². The van der Waals surface area contributed by atoms with Gasteiger partial charge in [0.05, 0.1) is 17.0 Å². The molecule has 0 radical (unpaired) electrons. The van der Waals surface area contributed by atoms with E-state index in [1.807, 2.05) is 44.2 Å². The number of piperidine rings is 1. The fourth-order valence-electron chi connectivity index (χ4n) is 4.12. The van der Waals surface area contributed by atoms with Crippen molar-refractivity contribution in [1.29, 1.82) is 0 Å². The van der Waals surface area contributed by atoms with Gasteiger partial charge in [0.2, 0.25) is 5.91 Å². The SMILES string of the molecule is C=CC[C@H]1CC[C@@H](c2ccc(Cl)cc2)N(C(CNS(=O)C(C)C)C2CC2)C1=O. The van der Waals surface area contributed by atoms with Gasteiger partial charge >= 0.3 is 0 Å². The van der Waals surface area contributed by atoms with Gasteiger partial charge in [0.1, 0.15) is 0 Å². The summed E-state index contributed by atoms with van der Waals surface area (Å²) in [5.41, 5.74) is 1.13. The first-order chi connectivity index (χ1) is 13.4. The van der Waals surface area contributed by atoms with Crippen LogP contribution in [0.15, 0.2) is 36.9 Å². The van der Waals surface area contributed by atoms with E-state index in [4.69, 9.17) is 11.6 Å². The Kier molecular flexibility index (Phi) is 7.35. The van der Waals surface area contributed by atoms with Crippen LogP contribution in [-0.4, -0.2) is 32.9 Å². The zero-order valence-electron chi connectivity index (χ0n) is 16.8. The van der Waals surface area contributed by atoms with E-state index in [0.717, 1.165) is 31.2 Å². The molecule has 1 amide bonds. The molecule has 0 bridgehead atoms. The van der Waals surface area contributed by atoms with Gasteiger partial charge in [-0.3, -0.25) is 4.79 Å². The first kappa shape index (κ1) is 21.5. The maximum absolute atomic E-state index is 13.5. The second kappa shape index (κ2) is 9.55. The van der Waals surface area contributed by atoms with Crippen LogP contribution in [0, 0.1) is 11.8 Å². The second-order valence-corrected chi connectivity index (χ2v) is 10.5. The molecule has 154 valence electrons. The molecular formula is C22H31ClN2O2S. The van der Waals surface area contributed by atoms with Crippen LogP contribution in [0.1, 0.15) is 57.6 Å². The third-order valence-corrected chi connectivity index (χ3v) is 7.38. The van der Waals surface area contributed by atoms with E-state index in [1.165, 1.54) is 0 Å². The van der Waals surface area contributed by atoms with Crippen molar-refractivity contribution in [2.45, 2.75) is 63.3 Å². The third kappa shape index (κ3) is 5.05. The average Bonchev–Trinajstić information content (AvgIpc) is 3.50. The number of hydrogen-bond acceptors (Lipinski definition) is 2. The molecule has 28 heavy (non-hydrogen) atoms. The lowest BCUT2D eigenvalue weighted by Gasteiger charge is -2.44. The molecule has 0 aromatic heterocycles. The molecule has 1 aromatic rings. The molecule has 1 N–H and O–H groups in total. The molecule has 2 aliphatic rings.